The summed E-state index contributed by atoms with van der Waals surface area (Å²) in [7, 11) is -5.86. The number of thiophene rings is 1. The van der Waals surface area contributed by atoms with Gasteiger partial charge in [-0.25, -0.2) is 0 Å². The van der Waals surface area contributed by atoms with E-state index in [1.54, 1.807) is 0 Å². The molecule has 0 aliphatic carbocycles. The van der Waals surface area contributed by atoms with Crippen LogP contribution in [0.5, 0.6) is 5.06 Å². The van der Waals surface area contributed by atoms with E-state index in [1.807, 2.05) is 0 Å². The highest BCUT2D eigenvalue weighted by atomic mass is 32.2. The SMILES string of the molecule is O=C([O-])c1ccsc1OS(=O)(=O)C(F)(F)F. The number of rotatable bonds is 3. The molecule has 1 heterocycles. The van der Waals surface area contributed by atoms with Crippen molar-refractivity contribution in [2.24, 2.45) is 0 Å². The molecule has 0 unspecified atom stereocenters. The first-order valence-electron chi connectivity index (χ1n) is 3.45. The topological polar surface area (TPSA) is 83.5 Å². The Balaban J connectivity index is 3.07. The smallest absolute Gasteiger partial charge is 0.534 e. The van der Waals surface area contributed by atoms with Crippen LogP contribution in [0.3, 0.4) is 0 Å². The van der Waals surface area contributed by atoms with E-state index in [-0.39, 0.29) is 0 Å². The van der Waals surface area contributed by atoms with Gasteiger partial charge in [0.15, 0.2) is 0 Å². The second kappa shape index (κ2) is 3.94. The summed E-state index contributed by atoms with van der Waals surface area (Å²) < 4.78 is 60.4. The lowest BCUT2D eigenvalue weighted by Gasteiger charge is -2.09. The summed E-state index contributed by atoms with van der Waals surface area (Å²) in [4.78, 5) is 10.4. The molecule has 90 valence electrons. The van der Waals surface area contributed by atoms with Crippen molar-refractivity contribution in [1.82, 2.24) is 0 Å². The van der Waals surface area contributed by atoms with Crippen LogP contribution >= 0.6 is 11.3 Å². The molecule has 0 bridgehead atoms. The van der Waals surface area contributed by atoms with E-state index >= 15 is 0 Å². The average Bonchev–Trinajstić information content (AvgIpc) is 2.49. The highest BCUT2D eigenvalue weighted by Gasteiger charge is 2.49. The minimum absolute atomic E-state index is 0.399. The Morgan fingerprint density at radius 1 is 1.44 bits per heavy atom. The molecule has 0 fully saturated rings. The maximum absolute atomic E-state index is 11.9. The minimum atomic E-state index is -5.86. The van der Waals surface area contributed by atoms with Crippen molar-refractivity contribution < 1.29 is 35.7 Å². The zero-order valence-corrected chi connectivity index (χ0v) is 8.78. The van der Waals surface area contributed by atoms with Crippen molar-refractivity contribution in [1.29, 1.82) is 0 Å². The Bertz CT molecular complexity index is 500. The molecule has 10 heteroatoms. The number of carboxylic acid groups (broad SMARTS) is 1. The standard InChI is InChI=1S/C6H3F3O5S2/c7-6(8,9)16(12,13)14-5-3(4(10)11)1-2-15-5/h1-2H,(H,10,11)/p-1. The van der Waals surface area contributed by atoms with Gasteiger partial charge in [0.05, 0.1) is 11.5 Å². The molecule has 0 N–H and O–H groups in total. The predicted octanol–water partition coefficient (Wildman–Crippen LogP) is 0.340. The van der Waals surface area contributed by atoms with E-state index in [1.165, 1.54) is 0 Å². The molecule has 1 aromatic heterocycles. The van der Waals surface area contributed by atoms with Gasteiger partial charge in [0, 0.05) is 0 Å². The second-order valence-electron chi connectivity index (χ2n) is 2.39. The van der Waals surface area contributed by atoms with Gasteiger partial charge in [-0.2, -0.15) is 21.6 Å². The van der Waals surface area contributed by atoms with Crippen molar-refractivity contribution in [3.8, 4) is 5.06 Å². The summed E-state index contributed by atoms with van der Waals surface area (Å²) in [5, 5.41) is 10.5. The lowest BCUT2D eigenvalue weighted by molar-refractivity contribution is -0.255. The van der Waals surface area contributed by atoms with Crippen LogP contribution in [0.25, 0.3) is 0 Å². The van der Waals surface area contributed by atoms with Crippen LogP contribution in [0.2, 0.25) is 0 Å². The van der Waals surface area contributed by atoms with E-state index in [0.717, 1.165) is 11.4 Å². The highest BCUT2D eigenvalue weighted by molar-refractivity contribution is 7.88. The van der Waals surface area contributed by atoms with Gasteiger partial charge in [-0.1, -0.05) is 0 Å². The zero-order valence-electron chi connectivity index (χ0n) is 7.15. The summed E-state index contributed by atoms with van der Waals surface area (Å²) >= 11 is 0.399. The van der Waals surface area contributed by atoms with E-state index < -0.39 is 32.2 Å². The van der Waals surface area contributed by atoms with Crippen LogP contribution in [0, 0.1) is 0 Å². The number of carbonyl (C=O) groups is 1. The Kier molecular flexibility index (Phi) is 3.15. The summed E-state index contributed by atoms with van der Waals surface area (Å²) in [6.45, 7) is 0. The molecule has 0 aliphatic rings. The first-order chi connectivity index (χ1) is 7.15. The molecule has 0 radical (unpaired) electrons. The molecule has 0 saturated carbocycles. The molecular formula is C6H2F3O5S2-. The van der Waals surface area contributed by atoms with Crippen LogP contribution in [0.4, 0.5) is 13.2 Å². The Labute approximate surface area is 91.2 Å². The molecule has 1 aromatic rings. The maximum Gasteiger partial charge on any atom is 0.534 e. The number of alkyl halides is 3. The quantitative estimate of drug-likeness (QED) is 0.586. The molecule has 1 rings (SSSR count). The van der Waals surface area contributed by atoms with E-state index in [0.29, 0.717) is 11.3 Å². The molecule has 0 amide bonds. The van der Waals surface area contributed by atoms with Crippen LogP contribution in [-0.4, -0.2) is 19.9 Å². The number of carboxylic acids is 1. The third-order valence-corrected chi connectivity index (χ3v) is 3.17. The Morgan fingerprint density at radius 3 is 2.44 bits per heavy atom. The summed E-state index contributed by atoms with van der Waals surface area (Å²) in [6, 6.07) is 0.876. The molecule has 0 aliphatic heterocycles. The zero-order chi connectivity index (χ0) is 12.6. The van der Waals surface area contributed by atoms with Crippen LogP contribution < -0.4 is 9.29 Å². The van der Waals surface area contributed by atoms with Gasteiger partial charge in [0.2, 0.25) is 5.06 Å². The van der Waals surface area contributed by atoms with Gasteiger partial charge < -0.3 is 14.1 Å². The minimum Gasteiger partial charge on any atom is -0.545 e. The van der Waals surface area contributed by atoms with Crippen LogP contribution in [0.15, 0.2) is 11.4 Å². The van der Waals surface area contributed by atoms with E-state index in [4.69, 9.17) is 0 Å². The van der Waals surface area contributed by atoms with Crippen molar-refractivity contribution >= 4 is 27.4 Å². The van der Waals surface area contributed by atoms with Gasteiger partial charge in [-0.3, -0.25) is 0 Å². The molecule has 5 nitrogen and oxygen atoms in total. The number of hydrogen-bond acceptors (Lipinski definition) is 6. The molecule has 0 spiro atoms. The van der Waals surface area contributed by atoms with Crippen LogP contribution in [-0.2, 0) is 10.1 Å². The van der Waals surface area contributed by atoms with Crippen molar-refractivity contribution in [3.05, 3.63) is 17.0 Å². The van der Waals surface area contributed by atoms with Gasteiger partial charge in [0.1, 0.15) is 0 Å². The molecule has 0 saturated heterocycles. The van der Waals surface area contributed by atoms with Gasteiger partial charge >= 0.3 is 15.6 Å². The number of hydrogen-bond donors (Lipinski definition) is 0. The Morgan fingerprint density at radius 2 is 2.00 bits per heavy atom. The van der Waals surface area contributed by atoms with Crippen LogP contribution in [0.1, 0.15) is 10.4 Å². The summed E-state index contributed by atoms with van der Waals surface area (Å²) in [6.07, 6.45) is 0. The lowest BCUT2D eigenvalue weighted by Crippen LogP contribution is -2.29. The second-order valence-corrected chi connectivity index (χ2v) is 4.81. The highest BCUT2D eigenvalue weighted by Crippen LogP contribution is 2.32. The third-order valence-electron chi connectivity index (χ3n) is 1.32. The molecule has 0 atom stereocenters. The normalized spacial score (nSPS) is 12.4. The van der Waals surface area contributed by atoms with Crippen molar-refractivity contribution in [3.63, 3.8) is 0 Å². The van der Waals surface area contributed by atoms with E-state index in [2.05, 4.69) is 4.18 Å². The molecule has 16 heavy (non-hydrogen) atoms. The fourth-order valence-corrected chi connectivity index (χ4v) is 2.07. The fraction of sp³-hybridized carbons (Fsp3) is 0.167. The van der Waals surface area contributed by atoms with Crippen molar-refractivity contribution in [2.45, 2.75) is 5.51 Å². The summed E-state index contributed by atoms with van der Waals surface area (Å²) in [5.74, 6) is -1.83. The first-order valence-corrected chi connectivity index (χ1v) is 5.73. The number of carbonyl (C=O) groups excluding carboxylic acids is 1. The summed E-state index contributed by atoms with van der Waals surface area (Å²) in [5.41, 5.74) is -6.36. The number of aromatic carboxylic acids is 1. The largest absolute Gasteiger partial charge is 0.545 e. The lowest BCUT2D eigenvalue weighted by atomic mass is 10.3. The van der Waals surface area contributed by atoms with Crippen molar-refractivity contribution in [2.75, 3.05) is 0 Å². The van der Waals surface area contributed by atoms with Gasteiger partial charge in [-0.05, 0) is 11.4 Å². The maximum atomic E-state index is 11.9. The van der Waals surface area contributed by atoms with Gasteiger partial charge in [-0.15, -0.1) is 11.3 Å². The molecule has 0 aromatic carbocycles. The fourth-order valence-electron chi connectivity index (χ4n) is 0.658. The first kappa shape index (κ1) is 12.8. The van der Waals surface area contributed by atoms with Gasteiger partial charge in [0.25, 0.3) is 0 Å². The predicted molar refractivity (Wildman–Crippen MR) is 44.3 cm³/mol. The monoisotopic (exact) mass is 275 g/mol. The average molecular weight is 275 g/mol. The van der Waals surface area contributed by atoms with E-state index in [9.17, 15) is 31.5 Å². The number of halogens is 3. The third kappa shape index (κ3) is 2.44. The Hall–Kier alpha value is -1.29. The molecular weight excluding hydrogens is 273 g/mol.